The van der Waals surface area contributed by atoms with Crippen molar-refractivity contribution in [2.45, 2.75) is 49.5 Å². The average Bonchev–Trinajstić information content (AvgIpc) is 2.82. The maximum atomic E-state index is 12.9. The van der Waals surface area contributed by atoms with Crippen molar-refractivity contribution in [3.05, 3.63) is 18.2 Å². The Morgan fingerprint density at radius 1 is 1.17 bits per heavy atom. The highest BCUT2D eigenvalue weighted by Gasteiger charge is 2.29. The van der Waals surface area contributed by atoms with E-state index in [0.717, 1.165) is 25.7 Å². The first-order valence-corrected chi connectivity index (χ1v) is 9.47. The number of carbonyl (C=O) groups is 1. The van der Waals surface area contributed by atoms with Gasteiger partial charge in [0.15, 0.2) is 6.61 Å². The minimum absolute atomic E-state index is 0.0406. The summed E-state index contributed by atoms with van der Waals surface area (Å²) in [5.41, 5.74) is 0.414. The molecule has 1 aromatic carbocycles. The number of hydrogen-bond donors (Lipinski definition) is 1. The van der Waals surface area contributed by atoms with Gasteiger partial charge < -0.3 is 10.1 Å². The van der Waals surface area contributed by atoms with Crippen LogP contribution in [0.3, 0.4) is 0 Å². The number of fused-ring (bicyclic) bond motifs is 1. The molecule has 3 rings (SSSR count). The number of carbonyl (C=O) groups excluding carboxylic acids is 1. The third-order valence-corrected chi connectivity index (χ3v) is 6.51. The molecular formula is C16H22N2O4S. The van der Waals surface area contributed by atoms with Gasteiger partial charge in [0.2, 0.25) is 10.0 Å². The van der Waals surface area contributed by atoms with Gasteiger partial charge in [-0.25, -0.2) is 8.42 Å². The van der Waals surface area contributed by atoms with Crippen molar-refractivity contribution >= 4 is 21.6 Å². The van der Waals surface area contributed by atoms with Crippen LogP contribution in [0.1, 0.15) is 38.5 Å². The van der Waals surface area contributed by atoms with Crippen molar-refractivity contribution in [3.63, 3.8) is 0 Å². The summed E-state index contributed by atoms with van der Waals surface area (Å²) in [4.78, 5) is 11.6. The topological polar surface area (TPSA) is 75.7 Å². The van der Waals surface area contributed by atoms with E-state index in [4.69, 9.17) is 4.74 Å². The second-order valence-electron chi connectivity index (χ2n) is 6.16. The summed E-state index contributed by atoms with van der Waals surface area (Å²) in [6.45, 7) is -0.0406. The van der Waals surface area contributed by atoms with Crippen LogP contribution in [0.15, 0.2) is 23.1 Å². The lowest BCUT2D eigenvalue weighted by Crippen LogP contribution is -2.36. The Kier molecular flexibility index (Phi) is 4.59. The lowest BCUT2D eigenvalue weighted by molar-refractivity contribution is -0.118. The molecule has 0 bridgehead atoms. The molecule has 0 spiro atoms. The van der Waals surface area contributed by atoms with Gasteiger partial charge in [0, 0.05) is 13.1 Å². The van der Waals surface area contributed by atoms with Crippen LogP contribution in [-0.2, 0) is 14.8 Å². The summed E-state index contributed by atoms with van der Waals surface area (Å²) in [5.74, 6) is 0.227. The standard InChI is InChI=1S/C16H22N2O4S/c1-18(12-6-4-2-3-5-7-12)23(20,21)13-8-9-15-14(10-13)17-16(19)11-22-15/h8-10,12H,2-7,11H2,1H3,(H,17,19). The highest BCUT2D eigenvalue weighted by atomic mass is 32.2. The molecule has 0 unspecified atom stereocenters. The minimum Gasteiger partial charge on any atom is -0.482 e. The highest BCUT2D eigenvalue weighted by Crippen LogP contribution is 2.32. The van der Waals surface area contributed by atoms with E-state index in [1.165, 1.54) is 23.2 Å². The molecule has 6 nitrogen and oxygen atoms in total. The largest absolute Gasteiger partial charge is 0.482 e. The monoisotopic (exact) mass is 338 g/mol. The zero-order chi connectivity index (χ0) is 16.4. The van der Waals surface area contributed by atoms with Gasteiger partial charge in [0.1, 0.15) is 5.75 Å². The number of nitrogens with one attached hydrogen (secondary N) is 1. The van der Waals surface area contributed by atoms with E-state index >= 15 is 0 Å². The molecule has 23 heavy (non-hydrogen) atoms. The lowest BCUT2D eigenvalue weighted by atomic mass is 10.1. The summed E-state index contributed by atoms with van der Waals surface area (Å²) in [7, 11) is -1.93. The molecule has 1 aromatic rings. The van der Waals surface area contributed by atoms with Gasteiger partial charge in [-0.2, -0.15) is 4.31 Å². The van der Waals surface area contributed by atoms with Gasteiger partial charge in [-0.3, -0.25) is 4.79 Å². The summed E-state index contributed by atoms with van der Waals surface area (Å²) < 4.78 is 32.5. The third kappa shape index (κ3) is 3.35. The fourth-order valence-electron chi connectivity index (χ4n) is 3.21. The van der Waals surface area contributed by atoms with Crippen LogP contribution in [0, 0.1) is 0 Å². The smallest absolute Gasteiger partial charge is 0.262 e. The Labute approximate surface area is 136 Å². The molecule has 1 N–H and O–H groups in total. The van der Waals surface area contributed by atoms with E-state index < -0.39 is 10.0 Å². The Balaban J connectivity index is 1.86. The predicted octanol–water partition coefficient (Wildman–Crippen LogP) is 2.36. The minimum atomic E-state index is -3.58. The summed E-state index contributed by atoms with van der Waals surface area (Å²) in [5, 5.41) is 2.65. The van der Waals surface area contributed by atoms with Crippen LogP contribution < -0.4 is 10.1 Å². The van der Waals surface area contributed by atoms with E-state index in [9.17, 15) is 13.2 Å². The molecule has 0 atom stereocenters. The first kappa shape index (κ1) is 16.3. The first-order chi connectivity index (χ1) is 11.0. The Morgan fingerprint density at radius 2 is 1.87 bits per heavy atom. The fourth-order valence-corrected chi connectivity index (χ4v) is 4.65. The first-order valence-electron chi connectivity index (χ1n) is 8.03. The number of hydrogen-bond acceptors (Lipinski definition) is 4. The summed E-state index contributed by atoms with van der Waals surface area (Å²) in [6.07, 6.45) is 6.29. The van der Waals surface area contributed by atoms with Gasteiger partial charge in [-0.05, 0) is 31.0 Å². The van der Waals surface area contributed by atoms with Crippen LogP contribution in [0.5, 0.6) is 5.75 Å². The van der Waals surface area contributed by atoms with Crippen molar-refractivity contribution in [1.29, 1.82) is 0 Å². The van der Waals surface area contributed by atoms with Gasteiger partial charge in [0.25, 0.3) is 5.91 Å². The molecule has 1 amide bonds. The van der Waals surface area contributed by atoms with E-state index in [2.05, 4.69) is 5.32 Å². The fraction of sp³-hybridized carbons (Fsp3) is 0.562. The van der Waals surface area contributed by atoms with Crippen LogP contribution in [0.4, 0.5) is 5.69 Å². The quantitative estimate of drug-likeness (QED) is 0.859. The van der Waals surface area contributed by atoms with Crippen molar-refractivity contribution in [2.75, 3.05) is 19.0 Å². The van der Waals surface area contributed by atoms with Crippen molar-refractivity contribution < 1.29 is 17.9 Å². The van der Waals surface area contributed by atoms with Crippen LogP contribution in [-0.4, -0.2) is 38.3 Å². The molecule has 1 fully saturated rings. The van der Waals surface area contributed by atoms with E-state index in [0.29, 0.717) is 11.4 Å². The normalized spacial score (nSPS) is 19.7. The zero-order valence-electron chi connectivity index (χ0n) is 13.2. The maximum absolute atomic E-state index is 12.9. The van der Waals surface area contributed by atoms with Gasteiger partial charge in [-0.15, -0.1) is 0 Å². The van der Waals surface area contributed by atoms with Gasteiger partial charge in [0.05, 0.1) is 10.6 Å². The Hall–Kier alpha value is -1.60. The Morgan fingerprint density at radius 3 is 2.57 bits per heavy atom. The van der Waals surface area contributed by atoms with Crippen molar-refractivity contribution in [1.82, 2.24) is 4.31 Å². The third-order valence-electron chi connectivity index (χ3n) is 4.60. The SMILES string of the molecule is CN(C1CCCCCC1)S(=O)(=O)c1ccc2c(c1)NC(=O)CO2. The Bertz CT molecular complexity index is 694. The molecule has 2 aliphatic rings. The van der Waals surface area contributed by atoms with Crippen molar-refractivity contribution in [2.24, 2.45) is 0 Å². The van der Waals surface area contributed by atoms with Crippen molar-refractivity contribution in [3.8, 4) is 5.75 Å². The molecular weight excluding hydrogens is 316 g/mol. The zero-order valence-corrected chi connectivity index (χ0v) is 14.1. The molecule has 0 aromatic heterocycles. The van der Waals surface area contributed by atoms with Gasteiger partial charge in [-0.1, -0.05) is 25.7 Å². The highest BCUT2D eigenvalue weighted by molar-refractivity contribution is 7.89. The summed E-state index contributed by atoms with van der Waals surface area (Å²) >= 11 is 0. The molecule has 1 aliphatic carbocycles. The second kappa shape index (κ2) is 6.49. The molecule has 1 heterocycles. The lowest BCUT2D eigenvalue weighted by Gasteiger charge is -2.27. The molecule has 1 aliphatic heterocycles. The number of nitrogens with zero attached hydrogens (tertiary/aromatic N) is 1. The van der Waals surface area contributed by atoms with Crippen LogP contribution >= 0.6 is 0 Å². The van der Waals surface area contributed by atoms with E-state index in [1.807, 2.05) is 0 Å². The summed E-state index contributed by atoms with van der Waals surface area (Å²) in [6, 6.07) is 4.67. The number of sulfonamides is 1. The second-order valence-corrected chi connectivity index (χ2v) is 8.16. The number of anilines is 1. The predicted molar refractivity (Wildman–Crippen MR) is 87.0 cm³/mol. The van der Waals surface area contributed by atoms with Crippen LogP contribution in [0.2, 0.25) is 0 Å². The molecule has 126 valence electrons. The number of benzene rings is 1. The maximum Gasteiger partial charge on any atom is 0.262 e. The number of amides is 1. The van der Waals surface area contributed by atoms with E-state index in [-0.39, 0.29) is 23.5 Å². The molecule has 1 saturated carbocycles. The number of rotatable bonds is 3. The number of ether oxygens (including phenoxy) is 1. The molecule has 7 heteroatoms. The average molecular weight is 338 g/mol. The van der Waals surface area contributed by atoms with E-state index in [1.54, 1.807) is 19.2 Å². The van der Waals surface area contributed by atoms with Gasteiger partial charge >= 0.3 is 0 Å². The molecule has 0 radical (unpaired) electrons. The molecule has 0 saturated heterocycles. The van der Waals surface area contributed by atoms with Crippen LogP contribution in [0.25, 0.3) is 0 Å².